The minimum atomic E-state index is -0.332. The predicted octanol–water partition coefficient (Wildman–Crippen LogP) is 2.87. The summed E-state index contributed by atoms with van der Waals surface area (Å²) in [7, 11) is 0. The van der Waals surface area contributed by atoms with Crippen LogP contribution in [0.2, 0.25) is 0 Å². The molecule has 1 atom stereocenters. The van der Waals surface area contributed by atoms with Crippen molar-refractivity contribution in [1.29, 1.82) is 0 Å². The van der Waals surface area contributed by atoms with Gasteiger partial charge in [0.05, 0.1) is 5.92 Å². The van der Waals surface area contributed by atoms with Crippen molar-refractivity contribution >= 4 is 17.5 Å². The summed E-state index contributed by atoms with van der Waals surface area (Å²) in [5, 5.41) is 3.11. The molecule has 1 saturated carbocycles. The van der Waals surface area contributed by atoms with Crippen LogP contribution in [0.4, 0.5) is 10.1 Å². The van der Waals surface area contributed by atoms with Crippen LogP contribution in [0, 0.1) is 17.7 Å². The number of benzene rings is 1. The van der Waals surface area contributed by atoms with Crippen molar-refractivity contribution < 1.29 is 14.0 Å². The minimum absolute atomic E-state index is 0.0254. The Kier molecular flexibility index (Phi) is 4.64. The molecule has 5 heteroatoms. The molecule has 23 heavy (non-hydrogen) atoms. The van der Waals surface area contributed by atoms with Crippen LogP contribution in [-0.2, 0) is 9.59 Å². The van der Waals surface area contributed by atoms with Crippen molar-refractivity contribution in [3.8, 4) is 0 Å². The molecule has 2 fully saturated rings. The van der Waals surface area contributed by atoms with E-state index in [1.54, 1.807) is 17.0 Å². The van der Waals surface area contributed by atoms with Crippen LogP contribution in [0.15, 0.2) is 24.3 Å². The third-order valence-corrected chi connectivity index (χ3v) is 5.00. The van der Waals surface area contributed by atoms with E-state index in [-0.39, 0.29) is 36.0 Å². The first-order valence-electron chi connectivity index (χ1n) is 8.39. The zero-order valence-electron chi connectivity index (χ0n) is 13.4. The van der Waals surface area contributed by atoms with E-state index in [2.05, 4.69) is 12.2 Å². The molecule has 0 aromatic heterocycles. The fourth-order valence-corrected chi connectivity index (χ4v) is 3.48. The molecule has 3 rings (SSSR count). The standard InChI is InChI=1S/C18H23FN2O2/c1-12-2-6-15(7-3-12)20-18(23)13-10-17(22)21(11-13)16-8-4-14(19)5-9-16/h4-5,8-9,12-13,15H,2-3,6-7,10-11H2,1H3,(H,20,23)/t12?,13-,15?/m1/s1. The quantitative estimate of drug-likeness (QED) is 0.931. The zero-order chi connectivity index (χ0) is 16.4. The number of hydrogen-bond donors (Lipinski definition) is 1. The molecule has 1 aromatic carbocycles. The highest BCUT2D eigenvalue weighted by Gasteiger charge is 2.36. The summed E-state index contributed by atoms with van der Waals surface area (Å²) in [6.07, 6.45) is 4.57. The molecule has 0 radical (unpaired) electrons. The Labute approximate surface area is 136 Å². The van der Waals surface area contributed by atoms with Crippen LogP contribution in [0.1, 0.15) is 39.0 Å². The van der Waals surface area contributed by atoms with Crippen LogP contribution in [0.3, 0.4) is 0 Å². The van der Waals surface area contributed by atoms with Crippen molar-refractivity contribution in [2.75, 3.05) is 11.4 Å². The Hall–Kier alpha value is -1.91. The second-order valence-corrected chi connectivity index (χ2v) is 6.85. The summed E-state index contributed by atoms with van der Waals surface area (Å²) in [4.78, 5) is 26.2. The second kappa shape index (κ2) is 6.69. The van der Waals surface area contributed by atoms with Crippen LogP contribution in [0.5, 0.6) is 0 Å². The number of carbonyl (C=O) groups is 2. The van der Waals surface area contributed by atoms with Gasteiger partial charge in [0.2, 0.25) is 11.8 Å². The molecule has 1 aromatic rings. The van der Waals surface area contributed by atoms with E-state index in [1.807, 2.05) is 0 Å². The lowest BCUT2D eigenvalue weighted by Crippen LogP contribution is -2.41. The summed E-state index contributed by atoms with van der Waals surface area (Å²) < 4.78 is 13.0. The minimum Gasteiger partial charge on any atom is -0.353 e. The number of nitrogens with one attached hydrogen (secondary N) is 1. The van der Waals surface area contributed by atoms with E-state index in [1.165, 1.54) is 12.1 Å². The van der Waals surface area contributed by atoms with Gasteiger partial charge in [0, 0.05) is 24.7 Å². The number of halogens is 1. The number of rotatable bonds is 3. The predicted molar refractivity (Wildman–Crippen MR) is 86.4 cm³/mol. The van der Waals surface area contributed by atoms with E-state index in [4.69, 9.17) is 0 Å². The number of nitrogens with zero attached hydrogens (tertiary/aromatic N) is 1. The molecule has 1 saturated heterocycles. The first kappa shape index (κ1) is 16.0. The van der Waals surface area contributed by atoms with E-state index in [0.29, 0.717) is 12.2 Å². The molecule has 1 aliphatic heterocycles. The van der Waals surface area contributed by atoms with Gasteiger partial charge in [0.1, 0.15) is 5.82 Å². The SMILES string of the molecule is CC1CCC(NC(=O)[C@@H]2CC(=O)N(c3ccc(F)cc3)C2)CC1. The number of anilines is 1. The topological polar surface area (TPSA) is 49.4 Å². The Balaban J connectivity index is 1.58. The van der Waals surface area contributed by atoms with Gasteiger partial charge in [-0.25, -0.2) is 4.39 Å². The van der Waals surface area contributed by atoms with Crippen molar-refractivity contribution in [3.05, 3.63) is 30.1 Å². The normalized spacial score (nSPS) is 28.0. The van der Waals surface area contributed by atoms with Crippen LogP contribution in [0.25, 0.3) is 0 Å². The highest BCUT2D eigenvalue weighted by molar-refractivity contribution is 6.00. The number of carbonyl (C=O) groups excluding carboxylic acids is 2. The summed E-state index contributed by atoms with van der Waals surface area (Å²) >= 11 is 0. The molecule has 0 unspecified atom stereocenters. The van der Waals surface area contributed by atoms with Gasteiger partial charge in [0.25, 0.3) is 0 Å². The third kappa shape index (κ3) is 3.71. The largest absolute Gasteiger partial charge is 0.353 e. The molecule has 1 aliphatic carbocycles. The number of hydrogen-bond acceptors (Lipinski definition) is 2. The molecule has 0 spiro atoms. The Morgan fingerprint density at radius 3 is 2.48 bits per heavy atom. The lowest BCUT2D eigenvalue weighted by atomic mass is 9.87. The van der Waals surface area contributed by atoms with Crippen molar-refractivity contribution in [2.24, 2.45) is 11.8 Å². The Morgan fingerprint density at radius 1 is 1.17 bits per heavy atom. The summed E-state index contributed by atoms with van der Waals surface area (Å²) in [5.74, 6) is -0.00478. The molecular formula is C18H23FN2O2. The van der Waals surface area contributed by atoms with Crippen molar-refractivity contribution in [2.45, 2.75) is 45.1 Å². The monoisotopic (exact) mass is 318 g/mol. The average molecular weight is 318 g/mol. The first-order chi connectivity index (χ1) is 11.0. The van der Waals surface area contributed by atoms with E-state index < -0.39 is 0 Å². The third-order valence-electron chi connectivity index (χ3n) is 5.00. The maximum Gasteiger partial charge on any atom is 0.227 e. The van der Waals surface area contributed by atoms with Crippen LogP contribution in [-0.4, -0.2) is 24.4 Å². The Bertz CT molecular complexity index is 579. The van der Waals surface area contributed by atoms with Gasteiger partial charge in [-0.05, 0) is 55.9 Å². The molecule has 2 amide bonds. The van der Waals surface area contributed by atoms with E-state index in [0.717, 1.165) is 31.6 Å². The van der Waals surface area contributed by atoms with Crippen LogP contribution >= 0.6 is 0 Å². The summed E-state index contributed by atoms with van der Waals surface area (Å²) in [6, 6.07) is 6.07. The zero-order valence-corrected chi connectivity index (χ0v) is 13.4. The summed E-state index contributed by atoms with van der Waals surface area (Å²) in [5.41, 5.74) is 0.651. The Morgan fingerprint density at radius 2 is 1.83 bits per heavy atom. The van der Waals surface area contributed by atoms with Gasteiger partial charge in [-0.1, -0.05) is 6.92 Å². The van der Waals surface area contributed by atoms with Crippen molar-refractivity contribution in [1.82, 2.24) is 5.32 Å². The molecule has 1 heterocycles. The fraction of sp³-hybridized carbons (Fsp3) is 0.556. The maximum absolute atomic E-state index is 13.0. The highest BCUT2D eigenvalue weighted by atomic mass is 19.1. The molecule has 1 N–H and O–H groups in total. The highest BCUT2D eigenvalue weighted by Crippen LogP contribution is 2.27. The second-order valence-electron chi connectivity index (χ2n) is 6.85. The van der Waals surface area contributed by atoms with Gasteiger partial charge in [-0.2, -0.15) is 0 Å². The maximum atomic E-state index is 13.0. The lowest BCUT2D eigenvalue weighted by Gasteiger charge is -2.27. The van der Waals surface area contributed by atoms with E-state index in [9.17, 15) is 14.0 Å². The smallest absolute Gasteiger partial charge is 0.227 e. The lowest BCUT2D eigenvalue weighted by molar-refractivity contribution is -0.127. The first-order valence-corrected chi connectivity index (χ1v) is 8.39. The van der Waals surface area contributed by atoms with Gasteiger partial charge < -0.3 is 10.2 Å². The number of amides is 2. The fourth-order valence-electron chi connectivity index (χ4n) is 3.48. The molecule has 2 aliphatic rings. The van der Waals surface area contributed by atoms with Gasteiger partial charge in [-0.3, -0.25) is 9.59 Å². The van der Waals surface area contributed by atoms with Gasteiger partial charge >= 0.3 is 0 Å². The van der Waals surface area contributed by atoms with Gasteiger partial charge in [-0.15, -0.1) is 0 Å². The van der Waals surface area contributed by atoms with E-state index >= 15 is 0 Å². The molecular weight excluding hydrogens is 295 g/mol. The molecule has 124 valence electrons. The molecule has 0 bridgehead atoms. The van der Waals surface area contributed by atoms with Gasteiger partial charge in [0.15, 0.2) is 0 Å². The van der Waals surface area contributed by atoms with Crippen LogP contribution < -0.4 is 10.2 Å². The summed E-state index contributed by atoms with van der Waals surface area (Å²) in [6.45, 7) is 2.62. The average Bonchev–Trinajstić information content (AvgIpc) is 2.92. The molecule has 4 nitrogen and oxygen atoms in total. The van der Waals surface area contributed by atoms with Crippen molar-refractivity contribution in [3.63, 3.8) is 0 Å².